The lowest BCUT2D eigenvalue weighted by atomic mass is 9.72. The van der Waals surface area contributed by atoms with Crippen molar-refractivity contribution in [3.05, 3.63) is 0 Å². The van der Waals surface area contributed by atoms with E-state index in [2.05, 4.69) is 12.2 Å². The van der Waals surface area contributed by atoms with E-state index in [1.54, 1.807) is 0 Å². The Labute approximate surface area is 107 Å². The van der Waals surface area contributed by atoms with E-state index in [-0.39, 0.29) is 35.9 Å². The van der Waals surface area contributed by atoms with Crippen LogP contribution < -0.4 is 11.1 Å². The molecule has 18 heavy (non-hydrogen) atoms. The molecule has 0 spiro atoms. The molecule has 2 saturated heterocycles. The molecular formula is C13H22N2O3. The topological polar surface area (TPSA) is 73.6 Å². The SMILES string of the molecule is CC1COCCC1C(=O)NC1C(N)C2CCOC21. The number of hydrogen-bond acceptors (Lipinski definition) is 4. The van der Waals surface area contributed by atoms with Crippen LogP contribution >= 0.6 is 0 Å². The Hall–Kier alpha value is -0.650. The van der Waals surface area contributed by atoms with Gasteiger partial charge in [-0.3, -0.25) is 4.79 Å². The first-order valence-electron chi connectivity index (χ1n) is 6.94. The summed E-state index contributed by atoms with van der Waals surface area (Å²) in [6, 6.07) is 0.0802. The molecule has 6 unspecified atom stereocenters. The maximum absolute atomic E-state index is 12.3. The van der Waals surface area contributed by atoms with Crippen LogP contribution in [0, 0.1) is 17.8 Å². The summed E-state index contributed by atoms with van der Waals surface area (Å²) in [5, 5.41) is 3.09. The van der Waals surface area contributed by atoms with Crippen molar-refractivity contribution in [1.82, 2.24) is 5.32 Å². The molecular weight excluding hydrogens is 232 g/mol. The van der Waals surface area contributed by atoms with Crippen molar-refractivity contribution in [2.45, 2.75) is 38.0 Å². The lowest BCUT2D eigenvalue weighted by Crippen LogP contribution is -2.69. The highest BCUT2D eigenvalue weighted by Crippen LogP contribution is 2.38. The smallest absolute Gasteiger partial charge is 0.223 e. The van der Waals surface area contributed by atoms with Crippen molar-refractivity contribution < 1.29 is 14.3 Å². The molecule has 5 nitrogen and oxygen atoms in total. The molecule has 3 N–H and O–H groups in total. The average Bonchev–Trinajstić information content (AvgIpc) is 2.81. The van der Waals surface area contributed by atoms with E-state index >= 15 is 0 Å². The molecule has 6 atom stereocenters. The minimum absolute atomic E-state index is 0.0139. The van der Waals surface area contributed by atoms with E-state index in [4.69, 9.17) is 15.2 Å². The summed E-state index contributed by atoms with van der Waals surface area (Å²) >= 11 is 0. The highest BCUT2D eigenvalue weighted by Gasteiger charge is 2.53. The Kier molecular flexibility index (Phi) is 3.30. The molecule has 0 aromatic rings. The number of hydrogen-bond donors (Lipinski definition) is 2. The van der Waals surface area contributed by atoms with Crippen LogP contribution in [0.4, 0.5) is 0 Å². The van der Waals surface area contributed by atoms with Crippen molar-refractivity contribution in [2.75, 3.05) is 19.8 Å². The van der Waals surface area contributed by atoms with Gasteiger partial charge in [0.15, 0.2) is 0 Å². The zero-order valence-electron chi connectivity index (χ0n) is 10.8. The van der Waals surface area contributed by atoms with Gasteiger partial charge in [0, 0.05) is 37.7 Å². The molecule has 2 heterocycles. The van der Waals surface area contributed by atoms with Gasteiger partial charge in [-0.25, -0.2) is 0 Å². The van der Waals surface area contributed by atoms with Crippen molar-refractivity contribution in [2.24, 2.45) is 23.5 Å². The Morgan fingerprint density at radius 3 is 2.94 bits per heavy atom. The fourth-order valence-corrected chi connectivity index (χ4v) is 3.47. The number of nitrogens with one attached hydrogen (secondary N) is 1. The zero-order valence-corrected chi connectivity index (χ0v) is 10.8. The predicted octanol–water partition coefficient (Wildman–Crippen LogP) is -0.110. The minimum Gasteiger partial charge on any atom is -0.381 e. The maximum Gasteiger partial charge on any atom is 0.223 e. The van der Waals surface area contributed by atoms with Gasteiger partial charge in [0.25, 0.3) is 0 Å². The molecule has 3 rings (SSSR count). The fraction of sp³-hybridized carbons (Fsp3) is 0.923. The van der Waals surface area contributed by atoms with Crippen LogP contribution in [0.5, 0.6) is 0 Å². The average molecular weight is 254 g/mol. The summed E-state index contributed by atoms with van der Waals surface area (Å²) in [5.74, 6) is 0.921. The van der Waals surface area contributed by atoms with Crippen LogP contribution in [-0.4, -0.2) is 43.9 Å². The second-order valence-electron chi connectivity index (χ2n) is 5.85. The molecule has 102 valence electrons. The number of rotatable bonds is 2. The lowest BCUT2D eigenvalue weighted by molar-refractivity contribution is -0.135. The first-order valence-corrected chi connectivity index (χ1v) is 6.94. The van der Waals surface area contributed by atoms with Crippen LogP contribution in [0.15, 0.2) is 0 Å². The first-order chi connectivity index (χ1) is 8.68. The van der Waals surface area contributed by atoms with E-state index in [1.165, 1.54) is 0 Å². The number of carbonyl (C=O) groups is 1. The molecule has 0 aromatic carbocycles. The van der Waals surface area contributed by atoms with Crippen molar-refractivity contribution in [1.29, 1.82) is 0 Å². The number of fused-ring (bicyclic) bond motifs is 1. The predicted molar refractivity (Wildman–Crippen MR) is 65.8 cm³/mol. The van der Waals surface area contributed by atoms with E-state index in [0.717, 1.165) is 19.4 Å². The van der Waals surface area contributed by atoms with Crippen LogP contribution in [0.2, 0.25) is 0 Å². The quantitative estimate of drug-likeness (QED) is 0.721. The molecule has 1 aliphatic carbocycles. The largest absolute Gasteiger partial charge is 0.381 e. The second kappa shape index (κ2) is 4.79. The Balaban J connectivity index is 1.57. The Morgan fingerprint density at radius 2 is 2.17 bits per heavy atom. The third-order valence-electron chi connectivity index (χ3n) is 4.73. The summed E-state index contributed by atoms with van der Waals surface area (Å²) in [6.07, 6.45) is 1.99. The third-order valence-corrected chi connectivity index (χ3v) is 4.73. The van der Waals surface area contributed by atoms with E-state index in [9.17, 15) is 4.79 Å². The van der Waals surface area contributed by atoms with E-state index < -0.39 is 0 Å². The molecule has 1 saturated carbocycles. The van der Waals surface area contributed by atoms with Crippen molar-refractivity contribution >= 4 is 5.91 Å². The molecule has 0 radical (unpaired) electrons. The molecule has 3 fully saturated rings. The fourth-order valence-electron chi connectivity index (χ4n) is 3.47. The number of nitrogens with two attached hydrogens (primary N) is 1. The van der Waals surface area contributed by atoms with Gasteiger partial charge in [-0.1, -0.05) is 6.92 Å². The third kappa shape index (κ3) is 1.94. The van der Waals surface area contributed by atoms with Gasteiger partial charge < -0.3 is 20.5 Å². The number of ether oxygens (including phenoxy) is 2. The summed E-state index contributed by atoms with van der Waals surface area (Å²) in [6.45, 7) is 4.21. The van der Waals surface area contributed by atoms with Gasteiger partial charge in [-0.05, 0) is 18.8 Å². The van der Waals surface area contributed by atoms with Gasteiger partial charge in [-0.15, -0.1) is 0 Å². The molecule has 5 heteroatoms. The van der Waals surface area contributed by atoms with Crippen LogP contribution in [-0.2, 0) is 14.3 Å². The molecule has 3 aliphatic rings. The summed E-state index contributed by atoms with van der Waals surface area (Å²) in [7, 11) is 0. The number of carbonyl (C=O) groups excluding carboxylic acids is 1. The van der Waals surface area contributed by atoms with Crippen LogP contribution in [0.25, 0.3) is 0 Å². The maximum atomic E-state index is 12.3. The number of amides is 1. The van der Waals surface area contributed by atoms with Gasteiger partial charge in [0.1, 0.15) is 0 Å². The Morgan fingerprint density at radius 1 is 1.33 bits per heavy atom. The summed E-state index contributed by atoms with van der Waals surface area (Å²) in [5.41, 5.74) is 6.10. The van der Waals surface area contributed by atoms with Crippen molar-refractivity contribution in [3.63, 3.8) is 0 Å². The minimum atomic E-state index is 0.0139. The summed E-state index contributed by atoms with van der Waals surface area (Å²) in [4.78, 5) is 12.3. The highest BCUT2D eigenvalue weighted by atomic mass is 16.5. The normalized spacial score (nSPS) is 47.2. The molecule has 2 aliphatic heterocycles. The van der Waals surface area contributed by atoms with Crippen molar-refractivity contribution in [3.8, 4) is 0 Å². The Bertz CT molecular complexity index is 336. The van der Waals surface area contributed by atoms with Crippen LogP contribution in [0.3, 0.4) is 0 Å². The first kappa shape index (κ1) is 12.4. The highest BCUT2D eigenvalue weighted by molar-refractivity contribution is 5.79. The standard InChI is InChI=1S/C13H22N2O3/c1-7-6-17-4-2-8(7)13(16)15-11-10(14)9-3-5-18-12(9)11/h7-12H,2-6,14H2,1H3,(H,15,16). The summed E-state index contributed by atoms with van der Waals surface area (Å²) < 4.78 is 11.0. The molecule has 0 bridgehead atoms. The van der Waals surface area contributed by atoms with Crippen LogP contribution in [0.1, 0.15) is 19.8 Å². The van der Waals surface area contributed by atoms with E-state index in [0.29, 0.717) is 19.1 Å². The van der Waals surface area contributed by atoms with Gasteiger partial charge in [0.05, 0.1) is 12.1 Å². The lowest BCUT2D eigenvalue weighted by Gasteiger charge is -2.46. The van der Waals surface area contributed by atoms with E-state index in [1.807, 2.05) is 0 Å². The second-order valence-corrected chi connectivity index (χ2v) is 5.85. The molecule has 0 aromatic heterocycles. The van der Waals surface area contributed by atoms with Gasteiger partial charge in [0.2, 0.25) is 5.91 Å². The van der Waals surface area contributed by atoms with Gasteiger partial charge >= 0.3 is 0 Å². The monoisotopic (exact) mass is 254 g/mol. The van der Waals surface area contributed by atoms with Gasteiger partial charge in [-0.2, -0.15) is 0 Å². The zero-order chi connectivity index (χ0) is 12.7. The molecule has 1 amide bonds.